The van der Waals surface area contributed by atoms with Crippen LogP contribution in [0.4, 0.5) is 28.7 Å². The summed E-state index contributed by atoms with van der Waals surface area (Å²) in [5.74, 6) is 0.179. The van der Waals surface area contributed by atoms with Gasteiger partial charge in [0.2, 0.25) is 11.6 Å². The van der Waals surface area contributed by atoms with E-state index in [9.17, 15) is 10.1 Å². The van der Waals surface area contributed by atoms with Crippen molar-refractivity contribution in [3.63, 3.8) is 0 Å². The molecule has 138 valence electrons. The molecule has 0 bridgehead atoms. The first-order chi connectivity index (χ1) is 13.6. The number of nitro groups is 1. The molecule has 2 heterocycles. The molecule has 8 nitrogen and oxygen atoms in total. The second-order valence-corrected chi connectivity index (χ2v) is 6.64. The third-order valence-corrected chi connectivity index (χ3v) is 4.72. The van der Waals surface area contributed by atoms with Gasteiger partial charge in [-0.15, -0.1) is 0 Å². The number of nitrogens with zero attached hydrogens (tertiary/aromatic N) is 4. The molecule has 28 heavy (non-hydrogen) atoms. The van der Waals surface area contributed by atoms with Gasteiger partial charge < -0.3 is 10.6 Å². The summed E-state index contributed by atoms with van der Waals surface area (Å²) in [5.41, 5.74) is 1.85. The third kappa shape index (κ3) is 3.47. The number of aromatic nitrogens is 3. The lowest BCUT2D eigenvalue weighted by atomic mass is 10.2. The highest BCUT2D eigenvalue weighted by molar-refractivity contribution is 9.10. The number of para-hydroxylation sites is 1. The van der Waals surface area contributed by atoms with E-state index in [2.05, 4.69) is 41.5 Å². The van der Waals surface area contributed by atoms with Crippen molar-refractivity contribution in [1.29, 1.82) is 0 Å². The molecule has 4 aromatic rings. The highest BCUT2D eigenvalue weighted by atomic mass is 79.9. The van der Waals surface area contributed by atoms with Crippen LogP contribution in [0.5, 0.6) is 0 Å². The summed E-state index contributed by atoms with van der Waals surface area (Å²) in [6.07, 6.45) is 2.97. The van der Waals surface area contributed by atoms with Crippen LogP contribution < -0.4 is 10.6 Å². The Morgan fingerprint density at radius 3 is 2.32 bits per heavy atom. The zero-order chi connectivity index (χ0) is 19.5. The molecule has 2 aromatic heterocycles. The van der Waals surface area contributed by atoms with Crippen LogP contribution >= 0.6 is 15.9 Å². The molecule has 0 unspecified atom stereocenters. The van der Waals surface area contributed by atoms with Gasteiger partial charge in [0, 0.05) is 21.7 Å². The molecule has 4 rings (SSSR count). The van der Waals surface area contributed by atoms with Crippen molar-refractivity contribution >= 4 is 55.5 Å². The number of pyridine rings is 1. The van der Waals surface area contributed by atoms with Crippen LogP contribution in [0.2, 0.25) is 0 Å². The molecular weight excluding hydrogens is 424 g/mol. The van der Waals surface area contributed by atoms with Crippen molar-refractivity contribution in [1.82, 2.24) is 15.0 Å². The second kappa shape index (κ2) is 7.57. The van der Waals surface area contributed by atoms with Gasteiger partial charge in [-0.05, 0) is 52.3 Å². The fraction of sp³-hybridized carbons (Fsp3) is 0. The normalized spacial score (nSPS) is 10.6. The van der Waals surface area contributed by atoms with E-state index in [1.54, 1.807) is 12.3 Å². The van der Waals surface area contributed by atoms with Crippen molar-refractivity contribution in [2.75, 3.05) is 10.6 Å². The van der Waals surface area contributed by atoms with Gasteiger partial charge in [-0.1, -0.05) is 18.2 Å². The summed E-state index contributed by atoms with van der Waals surface area (Å²) >= 11 is 3.42. The zero-order valence-electron chi connectivity index (χ0n) is 14.3. The maximum Gasteiger partial charge on any atom is 0.353 e. The SMILES string of the molecule is O=[N+]([O-])c1c(Nc2ccccc2Br)ncnc1Nc1cccc2ncccc12. The molecule has 0 aliphatic rings. The lowest BCUT2D eigenvalue weighted by Crippen LogP contribution is -2.06. The van der Waals surface area contributed by atoms with Crippen LogP contribution in [-0.2, 0) is 0 Å². The van der Waals surface area contributed by atoms with Crippen molar-refractivity contribution in [2.24, 2.45) is 0 Å². The smallest absolute Gasteiger partial charge is 0.334 e. The highest BCUT2D eigenvalue weighted by Gasteiger charge is 2.24. The topological polar surface area (TPSA) is 106 Å². The van der Waals surface area contributed by atoms with E-state index in [0.29, 0.717) is 11.4 Å². The first kappa shape index (κ1) is 17.8. The standard InChI is InChI=1S/C19H13BrN6O2/c20-13-6-1-2-7-16(13)25-19-17(26(27)28)18(22-11-23-19)24-15-9-3-8-14-12(15)5-4-10-21-14/h1-11H,(H2,22,23,24,25). The van der Waals surface area contributed by atoms with Gasteiger partial charge in [-0.3, -0.25) is 15.1 Å². The predicted molar refractivity (Wildman–Crippen MR) is 111 cm³/mol. The lowest BCUT2D eigenvalue weighted by Gasteiger charge is -2.12. The monoisotopic (exact) mass is 436 g/mol. The quantitative estimate of drug-likeness (QED) is 0.327. The largest absolute Gasteiger partial charge is 0.353 e. The van der Waals surface area contributed by atoms with E-state index < -0.39 is 4.92 Å². The van der Waals surface area contributed by atoms with Gasteiger partial charge in [-0.2, -0.15) is 0 Å². The first-order valence-electron chi connectivity index (χ1n) is 8.25. The van der Waals surface area contributed by atoms with E-state index in [1.165, 1.54) is 6.33 Å². The number of rotatable bonds is 5. The average Bonchev–Trinajstić information content (AvgIpc) is 2.70. The highest BCUT2D eigenvalue weighted by Crippen LogP contribution is 2.35. The van der Waals surface area contributed by atoms with Gasteiger partial charge in [-0.25, -0.2) is 9.97 Å². The molecule has 0 saturated carbocycles. The summed E-state index contributed by atoms with van der Waals surface area (Å²) in [7, 11) is 0. The van der Waals surface area contributed by atoms with Crippen molar-refractivity contribution in [2.45, 2.75) is 0 Å². The molecule has 2 aromatic carbocycles. The molecule has 0 atom stereocenters. The molecule has 0 aliphatic heterocycles. The molecule has 0 fully saturated rings. The van der Waals surface area contributed by atoms with Gasteiger partial charge in [0.15, 0.2) is 0 Å². The lowest BCUT2D eigenvalue weighted by molar-refractivity contribution is -0.383. The van der Waals surface area contributed by atoms with E-state index in [1.807, 2.05) is 48.5 Å². The average molecular weight is 437 g/mol. The minimum atomic E-state index is -0.509. The number of fused-ring (bicyclic) bond motifs is 1. The molecule has 9 heteroatoms. The van der Waals surface area contributed by atoms with Crippen LogP contribution in [0, 0.1) is 10.1 Å². The summed E-state index contributed by atoms with van der Waals surface area (Å²) < 4.78 is 0.762. The molecular formula is C19H13BrN6O2. The van der Waals surface area contributed by atoms with Crippen LogP contribution in [-0.4, -0.2) is 19.9 Å². The molecule has 0 radical (unpaired) electrons. The van der Waals surface area contributed by atoms with Crippen molar-refractivity contribution in [3.05, 3.63) is 81.7 Å². The predicted octanol–water partition coefficient (Wildman–Crippen LogP) is 5.18. The molecule has 2 N–H and O–H groups in total. The maximum absolute atomic E-state index is 11.8. The van der Waals surface area contributed by atoms with Crippen LogP contribution in [0.25, 0.3) is 10.9 Å². The number of hydrogen-bond donors (Lipinski definition) is 2. The van der Waals surface area contributed by atoms with Gasteiger partial charge in [0.25, 0.3) is 0 Å². The Balaban J connectivity index is 1.77. The van der Waals surface area contributed by atoms with Crippen molar-refractivity contribution < 1.29 is 4.92 Å². The van der Waals surface area contributed by atoms with Gasteiger partial charge in [0.05, 0.1) is 16.1 Å². The second-order valence-electron chi connectivity index (χ2n) is 5.78. The number of anilines is 4. The van der Waals surface area contributed by atoms with E-state index in [4.69, 9.17) is 0 Å². The van der Waals surface area contributed by atoms with Crippen molar-refractivity contribution in [3.8, 4) is 0 Å². The number of benzene rings is 2. The molecule has 0 amide bonds. The third-order valence-electron chi connectivity index (χ3n) is 4.03. The summed E-state index contributed by atoms with van der Waals surface area (Å²) in [4.78, 5) is 23.7. The number of hydrogen-bond acceptors (Lipinski definition) is 7. The number of halogens is 1. The Morgan fingerprint density at radius 1 is 0.857 bits per heavy atom. The van der Waals surface area contributed by atoms with E-state index in [-0.39, 0.29) is 17.3 Å². The van der Waals surface area contributed by atoms with Gasteiger partial charge >= 0.3 is 5.69 Å². The van der Waals surface area contributed by atoms with E-state index >= 15 is 0 Å². The first-order valence-corrected chi connectivity index (χ1v) is 9.04. The van der Waals surface area contributed by atoms with Crippen LogP contribution in [0.3, 0.4) is 0 Å². The Kier molecular flexibility index (Phi) is 4.81. The minimum Gasteiger partial charge on any atom is -0.334 e. The molecule has 0 spiro atoms. The Hall–Kier alpha value is -3.59. The fourth-order valence-electron chi connectivity index (χ4n) is 2.76. The minimum absolute atomic E-state index is 0.0888. The zero-order valence-corrected chi connectivity index (χ0v) is 15.9. The Morgan fingerprint density at radius 2 is 1.57 bits per heavy atom. The summed E-state index contributed by atoms with van der Waals surface area (Å²) in [6, 6.07) is 16.5. The molecule has 0 aliphatic carbocycles. The number of nitrogens with one attached hydrogen (secondary N) is 2. The maximum atomic E-state index is 11.8. The van der Waals surface area contributed by atoms with Crippen LogP contribution in [0.15, 0.2) is 71.6 Å². The summed E-state index contributed by atoms with van der Waals surface area (Å²) in [6.45, 7) is 0. The summed E-state index contributed by atoms with van der Waals surface area (Å²) in [5, 5.41) is 18.7. The Bertz CT molecular complexity index is 1180. The van der Waals surface area contributed by atoms with Crippen LogP contribution in [0.1, 0.15) is 0 Å². The van der Waals surface area contributed by atoms with Gasteiger partial charge in [0.1, 0.15) is 6.33 Å². The molecule has 0 saturated heterocycles. The fourth-order valence-corrected chi connectivity index (χ4v) is 3.15. The Labute approximate surface area is 168 Å². The van der Waals surface area contributed by atoms with E-state index in [0.717, 1.165) is 15.4 Å².